The van der Waals surface area contributed by atoms with Crippen LogP contribution in [0.2, 0.25) is 0 Å². The number of esters is 1. The van der Waals surface area contributed by atoms with Gasteiger partial charge in [0, 0.05) is 6.42 Å². The van der Waals surface area contributed by atoms with E-state index in [0.29, 0.717) is 5.56 Å². The van der Waals surface area contributed by atoms with E-state index >= 15 is 0 Å². The molecule has 0 radical (unpaired) electrons. The van der Waals surface area contributed by atoms with E-state index in [1.807, 2.05) is 0 Å². The van der Waals surface area contributed by atoms with Crippen molar-refractivity contribution in [1.82, 2.24) is 0 Å². The number of rotatable bonds is 6. The van der Waals surface area contributed by atoms with Crippen molar-refractivity contribution >= 4 is 11.9 Å². The standard InChI is InChI=1S/C12H14O5/c13-10(14)7-4-8-17-12(16)11(15)9-5-2-1-3-6-9/h1-3,5-6,11,15H,4,7-8H2,(H,13,14). The average molecular weight is 238 g/mol. The van der Waals surface area contributed by atoms with E-state index in [-0.39, 0.29) is 19.4 Å². The van der Waals surface area contributed by atoms with Gasteiger partial charge in [0.05, 0.1) is 6.61 Å². The first kappa shape index (κ1) is 13.2. The van der Waals surface area contributed by atoms with Crippen LogP contribution in [-0.2, 0) is 14.3 Å². The fourth-order valence-electron chi connectivity index (χ4n) is 1.25. The smallest absolute Gasteiger partial charge is 0.339 e. The molecule has 1 unspecified atom stereocenters. The number of aliphatic hydroxyl groups excluding tert-OH is 1. The summed E-state index contributed by atoms with van der Waals surface area (Å²) in [6.07, 6.45) is -1.14. The highest BCUT2D eigenvalue weighted by molar-refractivity contribution is 5.76. The largest absolute Gasteiger partial charge is 0.481 e. The van der Waals surface area contributed by atoms with Gasteiger partial charge in [-0.1, -0.05) is 30.3 Å². The molecule has 5 nitrogen and oxygen atoms in total. The van der Waals surface area contributed by atoms with Gasteiger partial charge in [0.1, 0.15) is 0 Å². The van der Waals surface area contributed by atoms with Gasteiger partial charge >= 0.3 is 11.9 Å². The van der Waals surface area contributed by atoms with Gasteiger partial charge in [0.2, 0.25) is 0 Å². The highest BCUT2D eigenvalue weighted by Crippen LogP contribution is 2.13. The summed E-state index contributed by atoms with van der Waals surface area (Å²) in [7, 11) is 0. The molecule has 1 aromatic carbocycles. The number of ether oxygens (including phenoxy) is 1. The molecular formula is C12H14O5. The normalized spacial score (nSPS) is 11.8. The first-order valence-electron chi connectivity index (χ1n) is 5.22. The molecule has 0 heterocycles. The molecule has 0 bridgehead atoms. The molecule has 0 aliphatic heterocycles. The highest BCUT2D eigenvalue weighted by atomic mass is 16.5. The second-order valence-corrected chi connectivity index (χ2v) is 3.48. The van der Waals surface area contributed by atoms with E-state index in [1.165, 1.54) is 0 Å². The maximum Gasteiger partial charge on any atom is 0.339 e. The predicted molar refractivity (Wildman–Crippen MR) is 59.2 cm³/mol. The van der Waals surface area contributed by atoms with Gasteiger partial charge in [-0.15, -0.1) is 0 Å². The average Bonchev–Trinajstić information content (AvgIpc) is 2.34. The summed E-state index contributed by atoms with van der Waals surface area (Å²) in [5.74, 6) is -1.70. The predicted octanol–water partition coefficient (Wildman–Crippen LogP) is 1.13. The molecule has 1 aromatic rings. The molecule has 0 aliphatic rings. The number of carbonyl (C=O) groups excluding carboxylic acids is 1. The molecular weight excluding hydrogens is 224 g/mol. The van der Waals surface area contributed by atoms with E-state index in [1.54, 1.807) is 30.3 Å². The Hall–Kier alpha value is -1.88. The van der Waals surface area contributed by atoms with E-state index in [0.717, 1.165) is 0 Å². The van der Waals surface area contributed by atoms with Crippen LogP contribution >= 0.6 is 0 Å². The Morgan fingerprint density at radius 1 is 1.24 bits per heavy atom. The van der Waals surface area contributed by atoms with Gasteiger partial charge in [-0.3, -0.25) is 4.79 Å². The Balaban J connectivity index is 2.35. The third-order valence-corrected chi connectivity index (χ3v) is 2.12. The summed E-state index contributed by atoms with van der Waals surface area (Å²) < 4.78 is 4.76. The molecule has 0 aromatic heterocycles. The van der Waals surface area contributed by atoms with Gasteiger partial charge in [0.15, 0.2) is 6.10 Å². The number of aliphatic carboxylic acids is 1. The van der Waals surface area contributed by atoms with Gasteiger partial charge in [-0.05, 0) is 12.0 Å². The van der Waals surface area contributed by atoms with Crippen LogP contribution in [0.3, 0.4) is 0 Å². The lowest BCUT2D eigenvalue weighted by molar-refractivity contribution is -0.154. The molecule has 0 spiro atoms. The Morgan fingerprint density at radius 2 is 1.88 bits per heavy atom. The zero-order chi connectivity index (χ0) is 12.7. The van der Waals surface area contributed by atoms with Crippen molar-refractivity contribution in [3.8, 4) is 0 Å². The summed E-state index contributed by atoms with van der Waals surface area (Å²) in [4.78, 5) is 21.6. The molecule has 92 valence electrons. The van der Waals surface area contributed by atoms with Crippen LogP contribution in [0.4, 0.5) is 0 Å². The number of carboxylic acid groups (broad SMARTS) is 1. The Labute approximate surface area is 98.6 Å². The minimum absolute atomic E-state index is 0.00493. The number of hydrogen-bond acceptors (Lipinski definition) is 4. The summed E-state index contributed by atoms with van der Waals surface area (Å²) in [5, 5.41) is 18.0. The molecule has 1 rings (SSSR count). The second-order valence-electron chi connectivity index (χ2n) is 3.48. The number of benzene rings is 1. The molecule has 17 heavy (non-hydrogen) atoms. The van der Waals surface area contributed by atoms with Crippen molar-refractivity contribution in [3.63, 3.8) is 0 Å². The SMILES string of the molecule is O=C(O)CCCOC(=O)C(O)c1ccccc1. The van der Waals surface area contributed by atoms with Crippen molar-refractivity contribution in [1.29, 1.82) is 0 Å². The van der Waals surface area contributed by atoms with Crippen molar-refractivity contribution in [3.05, 3.63) is 35.9 Å². The molecule has 0 saturated carbocycles. The molecule has 0 aliphatic carbocycles. The summed E-state index contributed by atoms with van der Waals surface area (Å²) in [6, 6.07) is 8.41. The Morgan fingerprint density at radius 3 is 2.47 bits per heavy atom. The van der Waals surface area contributed by atoms with Crippen LogP contribution in [0, 0.1) is 0 Å². The molecule has 2 N–H and O–H groups in total. The monoisotopic (exact) mass is 238 g/mol. The maximum absolute atomic E-state index is 11.4. The fraction of sp³-hybridized carbons (Fsp3) is 0.333. The van der Waals surface area contributed by atoms with Crippen molar-refractivity contribution < 1.29 is 24.5 Å². The number of carbonyl (C=O) groups is 2. The van der Waals surface area contributed by atoms with Crippen LogP contribution < -0.4 is 0 Å². The number of carboxylic acids is 1. The minimum Gasteiger partial charge on any atom is -0.481 e. The van der Waals surface area contributed by atoms with E-state index in [2.05, 4.69) is 0 Å². The molecule has 1 atom stereocenters. The minimum atomic E-state index is -1.32. The number of aliphatic hydroxyl groups is 1. The van der Waals surface area contributed by atoms with Crippen molar-refractivity contribution in [2.75, 3.05) is 6.61 Å². The zero-order valence-electron chi connectivity index (χ0n) is 9.20. The molecule has 0 saturated heterocycles. The van der Waals surface area contributed by atoms with Crippen molar-refractivity contribution in [2.45, 2.75) is 18.9 Å². The Kier molecular flexibility index (Phi) is 5.16. The van der Waals surface area contributed by atoms with Crippen LogP contribution in [-0.4, -0.2) is 28.8 Å². The Bertz CT molecular complexity index is 374. The van der Waals surface area contributed by atoms with Crippen LogP contribution in [0.1, 0.15) is 24.5 Å². The van der Waals surface area contributed by atoms with Gasteiger partial charge in [-0.25, -0.2) is 4.79 Å². The quantitative estimate of drug-likeness (QED) is 0.573. The van der Waals surface area contributed by atoms with Crippen molar-refractivity contribution in [2.24, 2.45) is 0 Å². The van der Waals surface area contributed by atoms with Gasteiger partial charge in [-0.2, -0.15) is 0 Å². The van der Waals surface area contributed by atoms with Crippen LogP contribution in [0.25, 0.3) is 0 Å². The molecule has 0 amide bonds. The van der Waals surface area contributed by atoms with E-state index in [4.69, 9.17) is 9.84 Å². The maximum atomic E-state index is 11.4. The zero-order valence-corrected chi connectivity index (χ0v) is 9.20. The number of hydrogen-bond donors (Lipinski definition) is 2. The first-order chi connectivity index (χ1) is 8.11. The lowest BCUT2D eigenvalue weighted by atomic mass is 10.1. The van der Waals surface area contributed by atoms with E-state index < -0.39 is 18.0 Å². The van der Waals surface area contributed by atoms with Crippen LogP contribution in [0.5, 0.6) is 0 Å². The summed E-state index contributed by atoms with van der Waals surface area (Å²) >= 11 is 0. The fourth-order valence-corrected chi connectivity index (χ4v) is 1.25. The first-order valence-corrected chi connectivity index (χ1v) is 5.22. The highest BCUT2D eigenvalue weighted by Gasteiger charge is 2.18. The third kappa shape index (κ3) is 4.65. The third-order valence-electron chi connectivity index (χ3n) is 2.12. The van der Waals surface area contributed by atoms with E-state index in [9.17, 15) is 14.7 Å². The van der Waals surface area contributed by atoms with Crippen LogP contribution in [0.15, 0.2) is 30.3 Å². The summed E-state index contributed by atoms with van der Waals surface area (Å²) in [6.45, 7) is -0.00493. The lowest BCUT2D eigenvalue weighted by Crippen LogP contribution is -2.16. The summed E-state index contributed by atoms with van der Waals surface area (Å²) in [5.41, 5.74) is 0.454. The lowest BCUT2D eigenvalue weighted by Gasteiger charge is -2.10. The van der Waals surface area contributed by atoms with Gasteiger partial charge < -0.3 is 14.9 Å². The second kappa shape index (κ2) is 6.65. The van der Waals surface area contributed by atoms with Gasteiger partial charge in [0.25, 0.3) is 0 Å². The molecule has 0 fully saturated rings. The topological polar surface area (TPSA) is 83.8 Å². The molecule has 5 heteroatoms.